The van der Waals surface area contributed by atoms with Crippen LogP contribution in [0.15, 0.2) is 21.9 Å². The number of sulfonamides is 1. The van der Waals surface area contributed by atoms with Gasteiger partial charge in [0.05, 0.1) is 6.54 Å². The van der Waals surface area contributed by atoms with Crippen molar-refractivity contribution >= 4 is 38.4 Å². The molecule has 0 aliphatic carbocycles. The number of aromatic nitrogens is 1. The summed E-state index contributed by atoms with van der Waals surface area (Å²) < 4.78 is 26.6. The Hall–Kier alpha value is -0.960. The predicted molar refractivity (Wildman–Crippen MR) is 74.2 cm³/mol. The SMILES string of the molecule is CCc1cnc(CNS(=O)(=O)c2cc(N)cs2)s1. The van der Waals surface area contributed by atoms with E-state index in [1.807, 2.05) is 6.92 Å². The molecule has 2 rings (SSSR count). The highest BCUT2D eigenvalue weighted by atomic mass is 32.2. The van der Waals surface area contributed by atoms with Gasteiger partial charge in [0.1, 0.15) is 9.22 Å². The smallest absolute Gasteiger partial charge is 0.250 e. The van der Waals surface area contributed by atoms with Crippen LogP contribution in [0.25, 0.3) is 0 Å². The van der Waals surface area contributed by atoms with E-state index in [-0.39, 0.29) is 10.8 Å². The monoisotopic (exact) mass is 303 g/mol. The zero-order valence-corrected chi connectivity index (χ0v) is 12.2. The Morgan fingerprint density at radius 2 is 2.28 bits per heavy atom. The molecule has 2 heterocycles. The number of nitrogens with two attached hydrogens (primary N) is 1. The van der Waals surface area contributed by atoms with Crippen LogP contribution in [-0.2, 0) is 23.0 Å². The quantitative estimate of drug-likeness (QED) is 0.882. The fourth-order valence-electron chi connectivity index (χ4n) is 1.29. The third kappa shape index (κ3) is 3.08. The summed E-state index contributed by atoms with van der Waals surface area (Å²) in [7, 11) is -3.48. The molecule has 0 atom stereocenters. The van der Waals surface area contributed by atoms with Gasteiger partial charge in [-0.05, 0) is 12.5 Å². The summed E-state index contributed by atoms with van der Waals surface area (Å²) >= 11 is 2.62. The van der Waals surface area contributed by atoms with Gasteiger partial charge in [-0.2, -0.15) is 0 Å². The lowest BCUT2D eigenvalue weighted by Crippen LogP contribution is -2.22. The van der Waals surface area contributed by atoms with Crippen LogP contribution in [0.2, 0.25) is 0 Å². The summed E-state index contributed by atoms with van der Waals surface area (Å²) in [6, 6.07) is 1.45. The lowest BCUT2D eigenvalue weighted by molar-refractivity contribution is 0.583. The number of rotatable bonds is 5. The van der Waals surface area contributed by atoms with E-state index in [1.54, 1.807) is 11.6 Å². The normalized spacial score (nSPS) is 11.8. The van der Waals surface area contributed by atoms with Gasteiger partial charge < -0.3 is 5.73 Å². The number of thiazole rings is 1. The van der Waals surface area contributed by atoms with E-state index in [9.17, 15) is 8.42 Å². The van der Waals surface area contributed by atoms with Gasteiger partial charge in [-0.25, -0.2) is 18.1 Å². The number of aryl methyl sites for hydroxylation is 1. The van der Waals surface area contributed by atoms with Crippen molar-refractivity contribution in [3.8, 4) is 0 Å². The lowest BCUT2D eigenvalue weighted by atomic mass is 10.4. The molecule has 18 heavy (non-hydrogen) atoms. The van der Waals surface area contributed by atoms with E-state index in [4.69, 9.17) is 5.73 Å². The average molecular weight is 303 g/mol. The lowest BCUT2D eigenvalue weighted by Gasteiger charge is -2.01. The molecule has 0 bridgehead atoms. The van der Waals surface area contributed by atoms with Crippen molar-refractivity contribution in [3.63, 3.8) is 0 Å². The predicted octanol–water partition coefficient (Wildman–Crippen LogP) is 1.83. The highest BCUT2D eigenvalue weighted by Gasteiger charge is 2.16. The molecule has 0 unspecified atom stereocenters. The largest absolute Gasteiger partial charge is 0.398 e. The second-order valence-corrected chi connectivity index (χ2v) is 7.70. The number of hydrogen-bond donors (Lipinski definition) is 2. The van der Waals surface area contributed by atoms with Crippen molar-refractivity contribution in [1.29, 1.82) is 0 Å². The first-order valence-electron chi connectivity index (χ1n) is 5.28. The zero-order chi connectivity index (χ0) is 13.2. The number of nitrogen functional groups attached to an aromatic ring is 1. The third-order valence-electron chi connectivity index (χ3n) is 2.22. The zero-order valence-electron chi connectivity index (χ0n) is 9.71. The van der Waals surface area contributed by atoms with Crippen LogP contribution in [0.5, 0.6) is 0 Å². The minimum absolute atomic E-state index is 0.213. The van der Waals surface area contributed by atoms with Crippen molar-refractivity contribution in [2.45, 2.75) is 24.1 Å². The maximum Gasteiger partial charge on any atom is 0.250 e. The number of nitrogens with zero attached hydrogens (tertiary/aromatic N) is 1. The van der Waals surface area contributed by atoms with Crippen molar-refractivity contribution in [3.05, 3.63) is 27.5 Å². The summed E-state index contributed by atoms with van der Waals surface area (Å²) in [5.74, 6) is 0. The molecule has 0 amide bonds. The molecule has 0 fully saturated rings. The fourth-order valence-corrected chi connectivity index (χ4v) is 4.30. The number of thiophene rings is 1. The van der Waals surface area contributed by atoms with Crippen LogP contribution >= 0.6 is 22.7 Å². The molecule has 3 N–H and O–H groups in total. The van der Waals surface area contributed by atoms with Crippen LogP contribution in [0, 0.1) is 0 Å². The Labute approximate surface area is 114 Å². The molecule has 0 aromatic carbocycles. The number of anilines is 1. The summed E-state index contributed by atoms with van der Waals surface area (Å²) in [6.45, 7) is 2.25. The summed E-state index contributed by atoms with van der Waals surface area (Å²) in [5.41, 5.74) is 5.97. The van der Waals surface area contributed by atoms with Gasteiger partial charge in [-0.1, -0.05) is 6.92 Å². The maximum absolute atomic E-state index is 11.9. The Bertz CT molecular complexity index is 630. The molecule has 0 aliphatic heterocycles. The second kappa shape index (κ2) is 5.35. The summed E-state index contributed by atoms with van der Waals surface area (Å²) in [5, 5.41) is 2.37. The van der Waals surface area contributed by atoms with E-state index >= 15 is 0 Å². The first-order valence-corrected chi connectivity index (χ1v) is 8.46. The van der Waals surface area contributed by atoms with E-state index in [1.165, 1.54) is 17.4 Å². The second-order valence-electron chi connectivity index (χ2n) is 3.60. The van der Waals surface area contributed by atoms with Gasteiger partial charge in [0.25, 0.3) is 10.0 Å². The highest BCUT2D eigenvalue weighted by Crippen LogP contribution is 2.22. The van der Waals surface area contributed by atoms with Gasteiger partial charge in [0, 0.05) is 22.1 Å². The molecule has 5 nitrogen and oxygen atoms in total. The minimum Gasteiger partial charge on any atom is -0.398 e. The minimum atomic E-state index is -3.48. The molecule has 0 spiro atoms. The fraction of sp³-hybridized carbons (Fsp3) is 0.300. The molecule has 2 aromatic rings. The van der Waals surface area contributed by atoms with Crippen LogP contribution in [0.3, 0.4) is 0 Å². The van der Waals surface area contributed by atoms with Gasteiger partial charge >= 0.3 is 0 Å². The van der Waals surface area contributed by atoms with Crippen molar-refractivity contribution in [2.75, 3.05) is 5.73 Å². The first kappa shape index (κ1) is 13.5. The van der Waals surface area contributed by atoms with E-state index in [0.29, 0.717) is 5.69 Å². The molecule has 0 saturated carbocycles. The average Bonchev–Trinajstić information content (AvgIpc) is 2.95. The van der Waals surface area contributed by atoms with Crippen molar-refractivity contribution < 1.29 is 8.42 Å². The van der Waals surface area contributed by atoms with Crippen LogP contribution in [-0.4, -0.2) is 13.4 Å². The molecule has 98 valence electrons. The third-order valence-corrected chi connectivity index (χ3v) is 6.22. The molecular formula is C10H13N3O2S3. The molecule has 0 saturated heterocycles. The molecule has 2 aromatic heterocycles. The number of hydrogen-bond acceptors (Lipinski definition) is 6. The van der Waals surface area contributed by atoms with Gasteiger partial charge in [-0.15, -0.1) is 22.7 Å². The molecular weight excluding hydrogens is 290 g/mol. The maximum atomic E-state index is 11.9. The summed E-state index contributed by atoms with van der Waals surface area (Å²) in [4.78, 5) is 5.30. The topological polar surface area (TPSA) is 85.1 Å². The Morgan fingerprint density at radius 3 is 2.83 bits per heavy atom. The van der Waals surface area contributed by atoms with Crippen molar-refractivity contribution in [2.24, 2.45) is 0 Å². The van der Waals surface area contributed by atoms with Gasteiger partial charge in [-0.3, -0.25) is 0 Å². The Morgan fingerprint density at radius 1 is 1.50 bits per heavy atom. The van der Waals surface area contributed by atoms with E-state index < -0.39 is 10.0 Å². The molecule has 0 radical (unpaired) electrons. The Kier molecular flexibility index (Phi) is 4.00. The van der Waals surface area contributed by atoms with Gasteiger partial charge in [0.15, 0.2) is 0 Å². The van der Waals surface area contributed by atoms with Crippen LogP contribution in [0.1, 0.15) is 16.8 Å². The van der Waals surface area contributed by atoms with Crippen LogP contribution in [0.4, 0.5) is 5.69 Å². The van der Waals surface area contributed by atoms with E-state index in [0.717, 1.165) is 27.6 Å². The van der Waals surface area contributed by atoms with Gasteiger partial charge in [0.2, 0.25) is 0 Å². The first-order chi connectivity index (χ1) is 8.51. The van der Waals surface area contributed by atoms with E-state index in [2.05, 4.69) is 9.71 Å². The Balaban J connectivity index is 2.05. The highest BCUT2D eigenvalue weighted by molar-refractivity contribution is 7.91. The summed E-state index contributed by atoms with van der Waals surface area (Å²) in [6.07, 6.45) is 2.68. The molecule has 0 aliphatic rings. The standard InChI is InChI=1S/C10H13N3O2S3/c1-2-8-4-12-9(17-8)5-13-18(14,15)10-3-7(11)6-16-10/h3-4,6,13H,2,5,11H2,1H3. The molecule has 8 heteroatoms. The van der Waals surface area contributed by atoms with Crippen molar-refractivity contribution in [1.82, 2.24) is 9.71 Å². The number of nitrogens with one attached hydrogen (secondary N) is 1. The van der Waals surface area contributed by atoms with Crippen LogP contribution < -0.4 is 10.5 Å².